The first-order valence-corrected chi connectivity index (χ1v) is 7.28. The molecule has 0 spiro atoms. The molecule has 2 unspecified atom stereocenters. The number of alkyl halides is 3. The zero-order chi connectivity index (χ0) is 14.6. The molecule has 1 heterocycles. The summed E-state index contributed by atoms with van der Waals surface area (Å²) in [5, 5.41) is 5.40. The normalized spacial score (nSPS) is 14.8. The average Bonchev–Trinajstić information content (AvgIpc) is 2.25. The van der Waals surface area contributed by atoms with Crippen LogP contribution in [0.3, 0.4) is 0 Å². The number of hydrogen-bond donors (Lipinski definition) is 2. The van der Waals surface area contributed by atoms with Crippen molar-refractivity contribution in [1.82, 2.24) is 4.98 Å². The Morgan fingerprint density at radius 3 is 2.42 bits per heavy atom. The van der Waals surface area contributed by atoms with E-state index >= 15 is 0 Å². The van der Waals surface area contributed by atoms with E-state index in [0.29, 0.717) is 5.75 Å². The Kier molecular flexibility index (Phi) is 5.16. The number of aromatic nitrogens is 1. The third-order valence-corrected chi connectivity index (χ3v) is 3.26. The summed E-state index contributed by atoms with van der Waals surface area (Å²) in [4.78, 5) is 3.99. The minimum atomic E-state index is -4.43. The smallest absolute Gasteiger partial charge is 0.373 e. The molecule has 0 aliphatic carbocycles. The molecule has 2 atom stereocenters. The van der Waals surface area contributed by atoms with Crippen LogP contribution in [0.2, 0.25) is 0 Å². The van der Waals surface area contributed by atoms with Crippen LogP contribution >= 0.6 is 0 Å². The summed E-state index contributed by atoms with van der Waals surface area (Å²) in [7, 11) is 0.470. The lowest BCUT2D eigenvalue weighted by molar-refractivity contribution is -0.137. The molecule has 0 aliphatic rings. The molecule has 0 radical (unpaired) electrons. The van der Waals surface area contributed by atoms with Crippen LogP contribution in [0, 0.1) is 0 Å². The van der Waals surface area contributed by atoms with Crippen LogP contribution in [0.4, 0.5) is 24.8 Å². The van der Waals surface area contributed by atoms with Gasteiger partial charge in [-0.25, -0.2) is 4.98 Å². The summed E-state index contributed by atoms with van der Waals surface area (Å²) in [5.41, 5.74) is -0.779. The highest BCUT2D eigenvalue weighted by Crippen LogP contribution is 2.32. The first kappa shape index (κ1) is 15.7. The molecule has 108 valence electrons. The molecule has 0 saturated heterocycles. The van der Waals surface area contributed by atoms with Gasteiger partial charge in [-0.1, -0.05) is 0 Å². The van der Waals surface area contributed by atoms with Crippen LogP contribution in [0.1, 0.15) is 12.5 Å². The highest BCUT2D eigenvalue weighted by molar-refractivity contribution is 7.84. The van der Waals surface area contributed by atoms with Crippen molar-refractivity contribution in [1.29, 1.82) is 0 Å². The van der Waals surface area contributed by atoms with Crippen molar-refractivity contribution in [3.8, 4) is 0 Å². The van der Waals surface area contributed by atoms with Crippen LogP contribution in [-0.2, 0) is 17.0 Å². The number of anilines is 2. The molecule has 0 aromatic carbocycles. The third kappa shape index (κ3) is 5.06. The Bertz CT molecular complexity index is 465. The molecule has 8 heteroatoms. The first-order valence-electron chi connectivity index (χ1n) is 5.56. The number of nitrogens with zero attached hydrogens (tertiary/aromatic N) is 1. The van der Waals surface area contributed by atoms with Crippen molar-refractivity contribution in [2.24, 2.45) is 0 Å². The quantitative estimate of drug-likeness (QED) is 0.875. The van der Waals surface area contributed by atoms with Gasteiger partial charge in [-0.15, -0.1) is 0 Å². The molecule has 0 aliphatic heterocycles. The van der Waals surface area contributed by atoms with Gasteiger partial charge in [0.05, 0.1) is 5.56 Å². The molecule has 4 nitrogen and oxygen atoms in total. The molecular formula is C11H16F3N3OS. The van der Waals surface area contributed by atoms with E-state index in [1.807, 2.05) is 0 Å². The van der Waals surface area contributed by atoms with Crippen LogP contribution in [0.25, 0.3) is 0 Å². The monoisotopic (exact) mass is 295 g/mol. The summed E-state index contributed by atoms with van der Waals surface area (Å²) < 4.78 is 49.2. The molecule has 19 heavy (non-hydrogen) atoms. The fourth-order valence-corrected chi connectivity index (χ4v) is 2.33. The lowest BCUT2D eigenvalue weighted by Crippen LogP contribution is -2.23. The van der Waals surface area contributed by atoms with Crippen molar-refractivity contribution < 1.29 is 17.4 Å². The number of rotatable bonds is 5. The Morgan fingerprint density at radius 1 is 1.37 bits per heavy atom. The van der Waals surface area contributed by atoms with E-state index in [4.69, 9.17) is 0 Å². The van der Waals surface area contributed by atoms with Gasteiger partial charge < -0.3 is 10.6 Å². The van der Waals surface area contributed by atoms with Gasteiger partial charge in [0.1, 0.15) is 11.6 Å². The standard InChI is InChI=1S/C11H16F3N3OS/c1-7(6-19(3)18)16-10-5-8(11(12,13)14)4-9(15-2)17-10/h4-5,7H,6H2,1-3H3,(H2,15,16,17). The van der Waals surface area contributed by atoms with Gasteiger partial charge in [-0.2, -0.15) is 13.2 Å². The zero-order valence-electron chi connectivity index (χ0n) is 10.8. The maximum atomic E-state index is 12.7. The van der Waals surface area contributed by atoms with Crippen molar-refractivity contribution >= 4 is 22.4 Å². The number of nitrogens with one attached hydrogen (secondary N) is 2. The predicted octanol–water partition coefficient (Wildman–Crippen LogP) is 2.32. The number of halogens is 3. The highest BCUT2D eigenvalue weighted by atomic mass is 32.2. The van der Waals surface area contributed by atoms with Gasteiger partial charge in [-0.3, -0.25) is 4.21 Å². The SMILES string of the molecule is CNc1cc(C(F)(F)F)cc(NC(C)CS(C)=O)n1. The third-order valence-electron chi connectivity index (χ3n) is 2.29. The lowest BCUT2D eigenvalue weighted by Gasteiger charge is -2.16. The molecule has 1 rings (SSSR count). The maximum absolute atomic E-state index is 12.7. The van der Waals surface area contributed by atoms with Gasteiger partial charge >= 0.3 is 6.18 Å². The van der Waals surface area contributed by atoms with E-state index in [1.165, 1.54) is 13.3 Å². The fourth-order valence-electron chi connectivity index (χ4n) is 1.54. The topological polar surface area (TPSA) is 54.0 Å². The number of pyridine rings is 1. The van der Waals surface area contributed by atoms with E-state index in [0.717, 1.165) is 12.1 Å². The second-order valence-corrected chi connectivity index (χ2v) is 5.64. The Morgan fingerprint density at radius 2 is 1.95 bits per heavy atom. The minimum absolute atomic E-state index is 0.108. The largest absolute Gasteiger partial charge is 0.416 e. The second-order valence-electron chi connectivity index (χ2n) is 4.16. The molecule has 0 fully saturated rings. The van der Waals surface area contributed by atoms with Crippen molar-refractivity contribution in [3.63, 3.8) is 0 Å². The van der Waals surface area contributed by atoms with Crippen molar-refractivity contribution in [3.05, 3.63) is 17.7 Å². The van der Waals surface area contributed by atoms with Crippen molar-refractivity contribution in [2.75, 3.05) is 29.7 Å². The van der Waals surface area contributed by atoms with Gasteiger partial charge in [0.25, 0.3) is 0 Å². The fraction of sp³-hybridized carbons (Fsp3) is 0.545. The van der Waals surface area contributed by atoms with E-state index in [1.54, 1.807) is 6.92 Å². The van der Waals surface area contributed by atoms with E-state index < -0.39 is 22.5 Å². The summed E-state index contributed by atoms with van der Waals surface area (Å²) in [6.07, 6.45) is -2.89. The molecule has 1 aromatic heterocycles. The lowest BCUT2D eigenvalue weighted by atomic mass is 10.2. The predicted molar refractivity (Wildman–Crippen MR) is 70.8 cm³/mol. The molecule has 1 aromatic rings. The van der Waals surface area contributed by atoms with E-state index in [-0.39, 0.29) is 17.7 Å². The minimum Gasteiger partial charge on any atom is -0.373 e. The number of hydrogen-bond acceptors (Lipinski definition) is 4. The van der Waals surface area contributed by atoms with Gasteiger partial charge in [0, 0.05) is 35.9 Å². The van der Waals surface area contributed by atoms with Crippen LogP contribution < -0.4 is 10.6 Å². The summed E-state index contributed by atoms with van der Waals surface area (Å²) in [5.74, 6) is 0.576. The van der Waals surface area contributed by atoms with E-state index in [2.05, 4.69) is 15.6 Å². The van der Waals surface area contributed by atoms with E-state index in [9.17, 15) is 17.4 Å². The Hall–Kier alpha value is -1.31. The zero-order valence-corrected chi connectivity index (χ0v) is 11.7. The first-order chi connectivity index (χ1) is 8.72. The molecule has 2 N–H and O–H groups in total. The molecular weight excluding hydrogens is 279 g/mol. The van der Waals surface area contributed by atoms with Gasteiger partial charge in [-0.05, 0) is 19.1 Å². The van der Waals surface area contributed by atoms with Crippen LogP contribution in [0.5, 0.6) is 0 Å². The molecule has 0 amide bonds. The Labute approximate surface area is 112 Å². The molecule has 0 bridgehead atoms. The molecule has 0 saturated carbocycles. The Balaban J connectivity index is 2.97. The summed E-state index contributed by atoms with van der Waals surface area (Å²) in [6.45, 7) is 1.74. The van der Waals surface area contributed by atoms with Crippen LogP contribution in [0.15, 0.2) is 12.1 Å². The maximum Gasteiger partial charge on any atom is 0.416 e. The summed E-state index contributed by atoms with van der Waals surface area (Å²) >= 11 is 0. The highest BCUT2D eigenvalue weighted by Gasteiger charge is 2.31. The summed E-state index contributed by atoms with van der Waals surface area (Å²) in [6, 6.07) is 1.65. The van der Waals surface area contributed by atoms with Gasteiger partial charge in [0.15, 0.2) is 0 Å². The van der Waals surface area contributed by atoms with Crippen LogP contribution in [-0.4, -0.2) is 34.3 Å². The average molecular weight is 295 g/mol. The van der Waals surface area contributed by atoms with Crippen molar-refractivity contribution in [2.45, 2.75) is 19.1 Å². The van der Waals surface area contributed by atoms with Gasteiger partial charge in [0.2, 0.25) is 0 Å². The second kappa shape index (κ2) is 6.23.